The van der Waals surface area contributed by atoms with E-state index in [4.69, 9.17) is 4.74 Å². The maximum absolute atomic E-state index is 12.4. The van der Waals surface area contributed by atoms with Crippen molar-refractivity contribution >= 4 is 17.5 Å². The van der Waals surface area contributed by atoms with E-state index in [1.165, 1.54) is 0 Å². The Bertz CT molecular complexity index is 843. The monoisotopic (exact) mass is 372 g/mol. The zero-order chi connectivity index (χ0) is 19.6. The van der Waals surface area contributed by atoms with Crippen molar-refractivity contribution in [2.75, 3.05) is 13.2 Å². The normalized spacial score (nSPS) is 17.1. The molecular formula is C20H28N4O3. The summed E-state index contributed by atoms with van der Waals surface area (Å²) in [6, 6.07) is -0.423. The lowest BCUT2D eigenvalue weighted by molar-refractivity contribution is -0.154. The Morgan fingerprint density at radius 3 is 2.85 bits per heavy atom. The van der Waals surface area contributed by atoms with Crippen LogP contribution in [0.15, 0.2) is 12.4 Å². The van der Waals surface area contributed by atoms with Gasteiger partial charge in [0.2, 0.25) is 5.91 Å². The molecule has 1 saturated heterocycles. The third-order valence-corrected chi connectivity index (χ3v) is 5.15. The number of aromatic nitrogens is 3. The minimum absolute atomic E-state index is 0.0265. The minimum Gasteiger partial charge on any atom is -0.464 e. The third-order valence-electron chi connectivity index (χ3n) is 5.15. The lowest BCUT2D eigenvalue weighted by Crippen LogP contribution is -2.43. The van der Waals surface area contributed by atoms with Gasteiger partial charge in [0.1, 0.15) is 6.04 Å². The van der Waals surface area contributed by atoms with Gasteiger partial charge in [0, 0.05) is 30.4 Å². The summed E-state index contributed by atoms with van der Waals surface area (Å²) in [5.74, 6) is -0.359. The van der Waals surface area contributed by atoms with E-state index in [1.54, 1.807) is 9.42 Å². The highest BCUT2D eigenvalue weighted by molar-refractivity contribution is 5.86. The number of rotatable bonds is 6. The highest BCUT2D eigenvalue weighted by Gasteiger charge is 2.35. The van der Waals surface area contributed by atoms with Gasteiger partial charge in [-0.25, -0.2) is 14.3 Å². The summed E-state index contributed by atoms with van der Waals surface area (Å²) in [4.78, 5) is 30.7. The summed E-state index contributed by atoms with van der Waals surface area (Å²) in [6.45, 7) is 8.69. The molecule has 0 radical (unpaired) electrons. The molecule has 1 aliphatic rings. The Labute approximate surface area is 159 Å². The molecule has 0 spiro atoms. The van der Waals surface area contributed by atoms with Gasteiger partial charge in [0.05, 0.1) is 12.3 Å². The number of fused-ring (bicyclic) bond motifs is 1. The number of hydrogen-bond acceptors (Lipinski definition) is 5. The molecule has 0 aliphatic carbocycles. The number of likely N-dealkylation sites (tertiary alicyclic amines) is 1. The highest BCUT2D eigenvalue weighted by Crippen LogP contribution is 2.21. The molecule has 1 atom stereocenters. The topological polar surface area (TPSA) is 76.8 Å². The number of carbonyl (C=O) groups excluding carboxylic acids is 2. The van der Waals surface area contributed by atoms with E-state index in [-0.39, 0.29) is 17.8 Å². The number of amides is 1. The molecule has 0 unspecified atom stereocenters. The van der Waals surface area contributed by atoms with Crippen molar-refractivity contribution < 1.29 is 14.3 Å². The molecular weight excluding hydrogens is 344 g/mol. The molecule has 2 aromatic rings. The second kappa shape index (κ2) is 8.06. The van der Waals surface area contributed by atoms with Gasteiger partial charge in [0.25, 0.3) is 0 Å². The number of hydrogen-bond donors (Lipinski definition) is 0. The quantitative estimate of drug-likeness (QED) is 0.575. The Balaban J connectivity index is 1.50. The van der Waals surface area contributed by atoms with Gasteiger partial charge in [-0.3, -0.25) is 4.79 Å². The average molecular weight is 372 g/mol. The van der Waals surface area contributed by atoms with Gasteiger partial charge >= 0.3 is 5.97 Å². The molecule has 27 heavy (non-hydrogen) atoms. The standard InChI is InChI=1S/C20H28N4O3/c1-13(2)19(25)23-9-5-8-17(23)20(26)27-10-6-7-16-11-21-18-14(3)15(4)22-24(18)12-16/h11-13,17H,5-10H2,1-4H3/t17-/m0/s1. The van der Waals surface area contributed by atoms with Crippen LogP contribution in [0, 0.1) is 19.8 Å². The van der Waals surface area contributed by atoms with Gasteiger partial charge in [-0.05, 0) is 45.1 Å². The van der Waals surface area contributed by atoms with Crippen LogP contribution in [0.4, 0.5) is 0 Å². The van der Waals surface area contributed by atoms with E-state index < -0.39 is 6.04 Å². The zero-order valence-electron chi connectivity index (χ0n) is 16.6. The van der Waals surface area contributed by atoms with Crippen LogP contribution in [-0.4, -0.2) is 50.6 Å². The van der Waals surface area contributed by atoms with E-state index in [9.17, 15) is 9.59 Å². The maximum atomic E-state index is 12.4. The molecule has 3 rings (SSSR count). The molecule has 7 heteroatoms. The summed E-state index contributed by atoms with van der Waals surface area (Å²) < 4.78 is 7.25. The molecule has 0 N–H and O–H groups in total. The number of carbonyl (C=O) groups is 2. The Morgan fingerprint density at radius 1 is 1.33 bits per heavy atom. The largest absolute Gasteiger partial charge is 0.464 e. The number of esters is 1. The van der Waals surface area contributed by atoms with Crippen LogP contribution in [-0.2, 0) is 20.7 Å². The minimum atomic E-state index is -0.423. The smallest absolute Gasteiger partial charge is 0.328 e. The van der Waals surface area contributed by atoms with Crippen LogP contribution in [0.3, 0.4) is 0 Å². The van der Waals surface area contributed by atoms with Crippen molar-refractivity contribution in [1.82, 2.24) is 19.5 Å². The SMILES string of the molecule is Cc1nn2cc(CCCOC(=O)[C@@H]3CCCN3C(=O)C(C)C)cnc2c1C. The lowest BCUT2D eigenvalue weighted by Gasteiger charge is -2.24. The molecule has 1 aliphatic heterocycles. The predicted molar refractivity (Wildman–Crippen MR) is 101 cm³/mol. The molecule has 3 heterocycles. The Morgan fingerprint density at radius 2 is 2.11 bits per heavy atom. The average Bonchev–Trinajstić information content (AvgIpc) is 3.23. The van der Waals surface area contributed by atoms with E-state index in [1.807, 2.05) is 40.1 Å². The van der Waals surface area contributed by atoms with E-state index in [2.05, 4.69) is 10.1 Å². The first-order valence-electron chi connectivity index (χ1n) is 9.66. The third kappa shape index (κ3) is 4.12. The van der Waals surface area contributed by atoms with Gasteiger partial charge < -0.3 is 9.64 Å². The fourth-order valence-corrected chi connectivity index (χ4v) is 3.48. The van der Waals surface area contributed by atoms with Crippen molar-refractivity contribution in [3.05, 3.63) is 29.2 Å². The first-order valence-corrected chi connectivity index (χ1v) is 9.66. The van der Waals surface area contributed by atoms with Crippen molar-refractivity contribution in [3.63, 3.8) is 0 Å². The fourth-order valence-electron chi connectivity index (χ4n) is 3.48. The molecule has 7 nitrogen and oxygen atoms in total. The van der Waals surface area contributed by atoms with Gasteiger partial charge in [-0.1, -0.05) is 13.8 Å². The molecule has 2 aromatic heterocycles. The Hall–Kier alpha value is -2.44. The van der Waals surface area contributed by atoms with Crippen LogP contribution >= 0.6 is 0 Å². The predicted octanol–water partition coefficient (Wildman–Crippen LogP) is 2.47. The first kappa shape index (κ1) is 19.3. The van der Waals surface area contributed by atoms with Crippen LogP contribution < -0.4 is 0 Å². The second-order valence-electron chi connectivity index (χ2n) is 7.56. The molecule has 0 saturated carbocycles. The first-order chi connectivity index (χ1) is 12.9. The summed E-state index contributed by atoms with van der Waals surface area (Å²) >= 11 is 0. The lowest BCUT2D eigenvalue weighted by atomic mass is 10.1. The summed E-state index contributed by atoms with van der Waals surface area (Å²) in [5, 5.41) is 4.45. The number of aryl methyl sites for hydroxylation is 3. The van der Waals surface area contributed by atoms with Crippen molar-refractivity contribution in [3.8, 4) is 0 Å². The van der Waals surface area contributed by atoms with Gasteiger partial charge in [0.15, 0.2) is 5.65 Å². The van der Waals surface area contributed by atoms with Crippen LogP contribution in [0.25, 0.3) is 5.65 Å². The zero-order valence-corrected chi connectivity index (χ0v) is 16.6. The van der Waals surface area contributed by atoms with Crippen LogP contribution in [0.5, 0.6) is 0 Å². The number of nitrogens with zero attached hydrogens (tertiary/aromatic N) is 4. The van der Waals surface area contributed by atoms with Crippen molar-refractivity contribution in [2.24, 2.45) is 5.92 Å². The number of ether oxygens (including phenoxy) is 1. The fraction of sp³-hybridized carbons (Fsp3) is 0.600. The summed E-state index contributed by atoms with van der Waals surface area (Å²) in [6.07, 6.45) is 6.84. The van der Waals surface area contributed by atoms with Crippen LogP contribution in [0.2, 0.25) is 0 Å². The van der Waals surface area contributed by atoms with Crippen LogP contribution in [0.1, 0.15) is 49.9 Å². The molecule has 1 fully saturated rings. The van der Waals surface area contributed by atoms with Crippen molar-refractivity contribution in [2.45, 2.75) is 59.4 Å². The van der Waals surface area contributed by atoms with Gasteiger partial charge in [-0.15, -0.1) is 0 Å². The highest BCUT2D eigenvalue weighted by atomic mass is 16.5. The summed E-state index contributed by atoms with van der Waals surface area (Å²) in [5.41, 5.74) is 4.00. The van der Waals surface area contributed by atoms with E-state index >= 15 is 0 Å². The maximum Gasteiger partial charge on any atom is 0.328 e. The summed E-state index contributed by atoms with van der Waals surface area (Å²) in [7, 11) is 0. The van der Waals surface area contributed by atoms with Crippen molar-refractivity contribution in [1.29, 1.82) is 0 Å². The second-order valence-corrected chi connectivity index (χ2v) is 7.56. The Kier molecular flexibility index (Phi) is 5.77. The molecule has 0 aromatic carbocycles. The molecule has 1 amide bonds. The van der Waals surface area contributed by atoms with Gasteiger partial charge in [-0.2, -0.15) is 5.10 Å². The molecule has 0 bridgehead atoms. The van der Waals surface area contributed by atoms with E-state index in [0.717, 1.165) is 35.3 Å². The molecule has 146 valence electrons. The van der Waals surface area contributed by atoms with E-state index in [0.29, 0.717) is 26.0 Å².